The van der Waals surface area contributed by atoms with Gasteiger partial charge in [0.25, 0.3) is 0 Å². The zero-order chi connectivity index (χ0) is 12.9. The van der Waals surface area contributed by atoms with Gasteiger partial charge in [-0.2, -0.15) is 0 Å². The summed E-state index contributed by atoms with van der Waals surface area (Å²) in [6, 6.07) is 7.66. The number of nitrogens with one attached hydrogen (secondary N) is 1. The Kier molecular flexibility index (Phi) is 4.46. The van der Waals surface area contributed by atoms with Gasteiger partial charge >= 0.3 is 5.97 Å². The van der Waals surface area contributed by atoms with E-state index in [2.05, 4.69) is 18.8 Å². The molecule has 0 radical (unpaired) electrons. The minimum absolute atomic E-state index is 0.457. The van der Waals surface area contributed by atoms with Crippen molar-refractivity contribution in [3.05, 3.63) is 48.0 Å². The third-order valence-corrected chi connectivity index (χ3v) is 2.97. The molecule has 3 nitrogen and oxygen atoms in total. The molecule has 0 saturated heterocycles. The number of benzene rings is 1. The van der Waals surface area contributed by atoms with E-state index in [0.717, 1.165) is 12.0 Å². The molecular formula is C14H19NO2. The monoisotopic (exact) mass is 233 g/mol. The van der Waals surface area contributed by atoms with Crippen molar-refractivity contribution >= 4 is 5.97 Å². The average Bonchev–Trinajstić information content (AvgIpc) is 2.35. The Bertz CT molecular complexity index is 397. The van der Waals surface area contributed by atoms with E-state index in [1.165, 1.54) is 5.56 Å². The van der Waals surface area contributed by atoms with Gasteiger partial charge in [-0.1, -0.05) is 37.3 Å². The first-order valence-electron chi connectivity index (χ1n) is 5.73. The minimum Gasteiger partial charge on any atom is -0.480 e. The van der Waals surface area contributed by atoms with Crippen LogP contribution in [0.5, 0.6) is 0 Å². The van der Waals surface area contributed by atoms with Crippen molar-refractivity contribution in [2.24, 2.45) is 0 Å². The van der Waals surface area contributed by atoms with Crippen LogP contribution < -0.4 is 5.32 Å². The smallest absolute Gasteiger partial charge is 0.328 e. The predicted molar refractivity (Wildman–Crippen MR) is 69.0 cm³/mol. The molecule has 0 aliphatic carbocycles. The van der Waals surface area contributed by atoms with Gasteiger partial charge in [0.05, 0.1) is 0 Å². The van der Waals surface area contributed by atoms with Crippen molar-refractivity contribution in [3.63, 3.8) is 0 Å². The summed E-state index contributed by atoms with van der Waals surface area (Å²) in [7, 11) is 0. The predicted octanol–water partition coefficient (Wildman–Crippen LogP) is 2.32. The van der Waals surface area contributed by atoms with E-state index in [-0.39, 0.29) is 0 Å². The number of carboxylic acid groups (broad SMARTS) is 1. The van der Waals surface area contributed by atoms with Gasteiger partial charge in [0.1, 0.15) is 5.54 Å². The van der Waals surface area contributed by atoms with E-state index in [1.54, 1.807) is 13.0 Å². The van der Waals surface area contributed by atoms with Gasteiger partial charge in [0.15, 0.2) is 0 Å². The molecule has 0 spiro atoms. The topological polar surface area (TPSA) is 49.3 Å². The first-order valence-corrected chi connectivity index (χ1v) is 5.73. The minimum atomic E-state index is -1.07. The molecule has 2 N–H and O–H groups in total. The maximum absolute atomic E-state index is 11.4. The fraction of sp³-hybridized carbons (Fsp3) is 0.357. The van der Waals surface area contributed by atoms with Crippen LogP contribution in [0.1, 0.15) is 25.0 Å². The fourth-order valence-corrected chi connectivity index (χ4v) is 1.65. The molecule has 0 amide bonds. The molecule has 1 unspecified atom stereocenters. The van der Waals surface area contributed by atoms with Crippen molar-refractivity contribution < 1.29 is 9.90 Å². The van der Waals surface area contributed by atoms with E-state index in [4.69, 9.17) is 0 Å². The summed E-state index contributed by atoms with van der Waals surface area (Å²) < 4.78 is 0. The first-order chi connectivity index (χ1) is 8.04. The lowest BCUT2D eigenvalue weighted by Gasteiger charge is -2.26. The number of hydrogen-bond acceptors (Lipinski definition) is 2. The van der Waals surface area contributed by atoms with E-state index >= 15 is 0 Å². The highest BCUT2D eigenvalue weighted by molar-refractivity contribution is 5.80. The molecule has 0 saturated carbocycles. The number of aliphatic carboxylic acids is 1. The Morgan fingerprint density at radius 3 is 2.47 bits per heavy atom. The second-order valence-electron chi connectivity index (χ2n) is 4.15. The normalized spacial score (nSPS) is 14.0. The number of carboxylic acids is 1. The standard InChI is InChI=1S/C14H19NO2/c1-4-10-15-14(3,13(16)17)12-8-6-11(5-2)7-9-12/h4,6-9,15H,1,5,10H2,2-3H3,(H,16,17). The van der Waals surface area contributed by atoms with Crippen LogP contribution in [0.3, 0.4) is 0 Å². The highest BCUT2D eigenvalue weighted by Crippen LogP contribution is 2.21. The van der Waals surface area contributed by atoms with E-state index < -0.39 is 11.5 Å². The molecule has 1 atom stereocenters. The SMILES string of the molecule is C=CCNC(C)(C(=O)O)c1ccc(CC)cc1. The van der Waals surface area contributed by atoms with Crippen LogP contribution in [-0.2, 0) is 16.8 Å². The maximum atomic E-state index is 11.4. The van der Waals surface area contributed by atoms with Crippen molar-refractivity contribution in [2.75, 3.05) is 6.54 Å². The third kappa shape index (κ3) is 2.94. The maximum Gasteiger partial charge on any atom is 0.328 e. The van der Waals surface area contributed by atoms with Crippen LogP contribution in [0.4, 0.5) is 0 Å². The lowest BCUT2D eigenvalue weighted by atomic mass is 9.91. The average molecular weight is 233 g/mol. The summed E-state index contributed by atoms with van der Waals surface area (Å²) in [5, 5.41) is 12.3. The fourth-order valence-electron chi connectivity index (χ4n) is 1.65. The van der Waals surface area contributed by atoms with Crippen LogP contribution in [-0.4, -0.2) is 17.6 Å². The Balaban J connectivity index is 3.04. The number of hydrogen-bond donors (Lipinski definition) is 2. The highest BCUT2D eigenvalue weighted by atomic mass is 16.4. The van der Waals surface area contributed by atoms with Gasteiger partial charge in [-0.15, -0.1) is 6.58 Å². The van der Waals surface area contributed by atoms with Crippen LogP contribution in [0.25, 0.3) is 0 Å². The molecular weight excluding hydrogens is 214 g/mol. The van der Waals surface area contributed by atoms with Gasteiger partial charge in [-0.05, 0) is 24.5 Å². The lowest BCUT2D eigenvalue weighted by Crippen LogP contribution is -2.46. The Morgan fingerprint density at radius 1 is 1.47 bits per heavy atom. The molecule has 92 valence electrons. The van der Waals surface area contributed by atoms with E-state index in [9.17, 15) is 9.90 Å². The van der Waals surface area contributed by atoms with Gasteiger partial charge < -0.3 is 5.11 Å². The van der Waals surface area contributed by atoms with Crippen LogP contribution in [0, 0.1) is 0 Å². The molecule has 3 heteroatoms. The number of carbonyl (C=O) groups is 1. The summed E-state index contributed by atoms with van der Waals surface area (Å²) in [5.74, 6) is -0.886. The summed E-state index contributed by atoms with van der Waals surface area (Å²) in [6.07, 6.45) is 2.60. The second kappa shape index (κ2) is 5.64. The molecule has 0 bridgehead atoms. The summed E-state index contributed by atoms with van der Waals surface area (Å²) in [4.78, 5) is 11.4. The van der Waals surface area contributed by atoms with Gasteiger partial charge in [0.2, 0.25) is 0 Å². The third-order valence-electron chi connectivity index (χ3n) is 2.97. The Hall–Kier alpha value is -1.61. The van der Waals surface area contributed by atoms with Crippen molar-refractivity contribution in [1.29, 1.82) is 0 Å². The molecule has 0 aromatic heterocycles. The molecule has 1 aromatic rings. The zero-order valence-electron chi connectivity index (χ0n) is 10.4. The zero-order valence-corrected chi connectivity index (χ0v) is 10.4. The molecule has 1 rings (SSSR count). The van der Waals surface area contributed by atoms with E-state index in [0.29, 0.717) is 6.54 Å². The molecule has 0 fully saturated rings. The van der Waals surface area contributed by atoms with Gasteiger partial charge in [-0.3, -0.25) is 5.32 Å². The number of aryl methyl sites for hydroxylation is 1. The summed E-state index contributed by atoms with van der Waals surface area (Å²) >= 11 is 0. The van der Waals surface area contributed by atoms with Gasteiger partial charge in [0, 0.05) is 6.54 Å². The van der Waals surface area contributed by atoms with Crippen molar-refractivity contribution in [3.8, 4) is 0 Å². The molecule has 0 heterocycles. The molecule has 0 aliphatic heterocycles. The van der Waals surface area contributed by atoms with Crippen LogP contribution in [0.15, 0.2) is 36.9 Å². The highest BCUT2D eigenvalue weighted by Gasteiger charge is 2.34. The lowest BCUT2D eigenvalue weighted by molar-refractivity contribution is -0.144. The van der Waals surface area contributed by atoms with E-state index in [1.807, 2.05) is 24.3 Å². The van der Waals surface area contributed by atoms with Crippen LogP contribution in [0.2, 0.25) is 0 Å². The first kappa shape index (κ1) is 13.5. The van der Waals surface area contributed by atoms with Crippen LogP contribution >= 0.6 is 0 Å². The molecule has 17 heavy (non-hydrogen) atoms. The quantitative estimate of drug-likeness (QED) is 0.741. The Labute approximate surface area is 102 Å². The molecule has 1 aromatic carbocycles. The number of rotatable bonds is 6. The largest absolute Gasteiger partial charge is 0.480 e. The summed E-state index contributed by atoms with van der Waals surface area (Å²) in [5.41, 5.74) is 0.884. The second-order valence-corrected chi connectivity index (χ2v) is 4.15. The van der Waals surface area contributed by atoms with Crippen molar-refractivity contribution in [1.82, 2.24) is 5.32 Å². The molecule has 0 aliphatic rings. The Morgan fingerprint density at radius 2 is 2.06 bits per heavy atom. The van der Waals surface area contributed by atoms with Gasteiger partial charge in [-0.25, -0.2) is 4.79 Å². The van der Waals surface area contributed by atoms with Crippen molar-refractivity contribution in [2.45, 2.75) is 25.8 Å². The summed E-state index contributed by atoms with van der Waals surface area (Å²) in [6.45, 7) is 7.78.